The molecule has 2 aromatic rings. The van der Waals surface area contributed by atoms with Gasteiger partial charge in [0.05, 0.1) is 0 Å². The van der Waals surface area contributed by atoms with E-state index in [4.69, 9.17) is 5.73 Å². The van der Waals surface area contributed by atoms with Gasteiger partial charge in [0.1, 0.15) is 5.03 Å². The molecule has 4 heteroatoms. The van der Waals surface area contributed by atoms with Crippen LogP contribution in [0.15, 0.2) is 45.6 Å². The van der Waals surface area contributed by atoms with Crippen LogP contribution in [-0.4, -0.2) is 4.98 Å². The molecule has 0 unspecified atom stereocenters. The number of nitrogen functional groups attached to an aromatic ring is 1. The third-order valence-electron chi connectivity index (χ3n) is 1.47. The molecule has 13 heavy (non-hydrogen) atoms. The average molecular weight is 208 g/mol. The van der Waals surface area contributed by atoms with E-state index >= 15 is 0 Å². The van der Waals surface area contributed by atoms with Crippen LogP contribution in [0.1, 0.15) is 0 Å². The van der Waals surface area contributed by atoms with E-state index in [1.54, 1.807) is 11.8 Å². The van der Waals surface area contributed by atoms with Crippen molar-refractivity contribution in [3.05, 3.63) is 35.7 Å². The number of nitrogens with two attached hydrogens (primary N) is 1. The molecule has 2 nitrogen and oxygen atoms in total. The fourth-order valence-electron chi connectivity index (χ4n) is 0.928. The Balaban J connectivity index is 2.15. The summed E-state index contributed by atoms with van der Waals surface area (Å²) in [7, 11) is 0. The second-order valence-electron chi connectivity index (χ2n) is 2.44. The van der Waals surface area contributed by atoms with Gasteiger partial charge in [-0.05, 0) is 12.1 Å². The number of aromatic nitrogens is 1. The predicted molar refractivity (Wildman–Crippen MR) is 57.1 cm³/mol. The van der Waals surface area contributed by atoms with Crippen molar-refractivity contribution in [1.82, 2.24) is 4.98 Å². The van der Waals surface area contributed by atoms with Crippen LogP contribution in [0.4, 0.5) is 5.13 Å². The van der Waals surface area contributed by atoms with Gasteiger partial charge < -0.3 is 5.73 Å². The summed E-state index contributed by atoms with van der Waals surface area (Å²) < 4.78 is 0. The van der Waals surface area contributed by atoms with Gasteiger partial charge in [0.2, 0.25) is 0 Å². The number of benzene rings is 1. The molecule has 1 aromatic heterocycles. The van der Waals surface area contributed by atoms with Crippen molar-refractivity contribution in [3.8, 4) is 0 Å². The SMILES string of the molecule is Nc1nc(Sc2ccccc2)cs1. The molecule has 1 heterocycles. The highest BCUT2D eigenvalue weighted by Crippen LogP contribution is 2.28. The van der Waals surface area contributed by atoms with Crippen molar-refractivity contribution in [2.24, 2.45) is 0 Å². The Kier molecular flexibility index (Phi) is 2.52. The molecule has 66 valence electrons. The monoisotopic (exact) mass is 208 g/mol. The molecule has 2 rings (SSSR count). The van der Waals surface area contributed by atoms with Crippen LogP contribution in [0.2, 0.25) is 0 Å². The van der Waals surface area contributed by atoms with Crippen LogP contribution in [-0.2, 0) is 0 Å². The standard InChI is InChI=1S/C9H8N2S2/c10-9-11-8(6-12-9)13-7-4-2-1-3-5-7/h1-6H,(H2,10,11). The average Bonchev–Trinajstić information content (AvgIpc) is 2.53. The molecule has 0 fully saturated rings. The van der Waals surface area contributed by atoms with Gasteiger partial charge in [-0.25, -0.2) is 4.98 Å². The first-order valence-corrected chi connectivity index (χ1v) is 5.48. The Labute approximate surface area is 84.8 Å². The maximum absolute atomic E-state index is 5.53. The Morgan fingerprint density at radius 2 is 2.00 bits per heavy atom. The van der Waals surface area contributed by atoms with E-state index in [2.05, 4.69) is 17.1 Å². The van der Waals surface area contributed by atoms with Gasteiger partial charge >= 0.3 is 0 Å². The molecular weight excluding hydrogens is 200 g/mol. The number of anilines is 1. The Morgan fingerprint density at radius 1 is 1.23 bits per heavy atom. The minimum atomic E-state index is 0.624. The molecule has 2 N–H and O–H groups in total. The van der Waals surface area contributed by atoms with Crippen molar-refractivity contribution in [2.45, 2.75) is 9.92 Å². The van der Waals surface area contributed by atoms with E-state index < -0.39 is 0 Å². The smallest absolute Gasteiger partial charge is 0.181 e. The van der Waals surface area contributed by atoms with Gasteiger partial charge in [0.15, 0.2) is 5.13 Å². The Hall–Kier alpha value is -1.00. The van der Waals surface area contributed by atoms with Crippen molar-refractivity contribution in [3.63, 3.8) is 0 Å². The van der Waals surface area contributed by atoms with Gasteiger partial charge in [0, 0.05) is 10.3 Å². The van der Waals surface area contributed by atoms with E-state index in [9.17, 15) is 0 Å². The zero-order chi connectivity index (χ0) is 9.10. The molecule has 0 saturated carbocycles. The minimum absolute atomic E-state index is 0.624. The van der Waals surface area contributed by atoms with Gasteiger partial charge in [0.25, 0.3) is 0 Å². The van der Waals surface area contributed by atoms with Crippen molar-refractivity contribution in [2.75, 3.05) is 5.73 Å². The number of hydrogen-bond acceptors (Lipinski definition) is 4. The van der Waals surface area contributed by atoms with E-state index in [1.807, 2.05) is 23.6 Å². The molecule has 0 amide bonds. The van der Waals surface area contributed by atoms with Crippen LogP contribution >= 0.6 is 23.1 Å². The van der Waals surface area contributed by atoms with Crippen molar-refractivity contribution < 1.29 is 0 Å². The molecule has 0 spiro atoms. The maximum Gasteiger partial charge on any atom is 0.181 e. The van der Waals surface area contributed by atoms with Gasteiger partial charge in [-0.15, -0.1) is 11.3 Å². The Bertz CT molecular complexity index is 384. The highest BCUT2D eigenvalue weighted by Gasteiger charge is 1.99. The summed E-state index contributed by atoms with van der Waals surface area (Å²) in [6.45, 7) is 0. The van der Waals surface area contributed by atoms with Gasteiger partial charge in [-0.3, -0.25) is 0 Å². The first-order valence-electron chi connectivity index (χ1n) is 3.78. The van der Waals surface area contributed by atoms with Crippen LogP contribution < -0.4 is 5.73 Å². The fourth-order valence-corrected chi connectivity index (χ4v) is 2.43. The molecule has 0 aliphatic carbocycles. The summed E-state index contributed by atoms with van der Waals surface area (Å²) in [5.74, 6) is 0. The van der Waals surface area contributed by atoms with Crippen LogP contribution in [0.25, 0.3) is 0 Å². The zero-order valence-corrected chi connectivity index (χ0v) is 8.44. The molecule has 0 atom stereocenters. The highest BCUT2D eigenvalue weighted by molar-refractivity contribution is 7.99. The molecule has 0 radical (unpaired) electrons. The molecule has 0 bridgehead atoms. The summed E-state index contributed by atoms with van der Waals surface area (Å²) in [6.07, 6.45) is 0. The number of nitrogens with zero attached hydrogens (tertiary/aromatic N) is 1. The van der Waals surface area contributed by atoms with Gasteiger partial charge in [-0.2, -0.15) is 0 Å². The molecule has 0 aliphatic heterocycles. The number of thiazole rings is 1. The zero-order valence-electron chi connectivity index (χ0n) is 6.81. The second-order valence-corrected chi connectivity index (χ2v) is 4.42. The molecular formula is C9H8N2S2. The summed E-state index contributed by atoms with van der Waals surface area (Å²) >= 11 is 3.10. The second kappa shape index (κ2) is 3.81. The lowest BCUT2D eigenvalue weighted by Crippen LogP contribution is -1.80. The van der Waals surface area contributed by atoms with Gasteiger partial charge in [-0.1, -0.05) is 30.0 Å². The molecule has 0 aliphatic rings. The lowest BCUT2D eigenvalue weighted by Gasteiger charge is -1.94. The number of rotatable bonds is 2. The fraction of sp³-hybridized carbons (Fsp3) is 0. The van der Waals surface area contributed by atoms with Crippen LogP contribution in [0.3, 0.4) is 0 Å². The largest absolute Gasteiger partial charge is 0.375 e. The maximum atomic E-state index is 5.53. The van der Waals surface area contributed by atoms with E-state index in [0.29, 0.717) is 5.13 Å². The summed E-state index contributed by atoms with van der Waals surface area (Å²) in [6, 6.07) is 10.1. The normalized spacial score (nSPS) is 10.2. The predicted octanol–water partition coefficient (Wildman–Crippen LogP) is 2.88. The third kappa shape index (κ3) is 2.23. The highest BCUT2D eigenvalue weighted by atomic mass is 32.2. The van der Waals surface area contributed by atoms with Crippen molar-refractivity contribution >= 4 is 28.2 Å². The topological polar surface area (TPSA) is 38.9 Å². The first kappa shape index (κ1) is 8.59. The van der Waals surface area contributed by atoms with Crippen LogP contribution in [0, 0.1) is 0 Å². The van der Waals surface area contributed by atoms with E-state index in [0.717, 1.165) is 5.03 Å². The summed E-state index contributed by atoms with van der Waals surface area (Å²) in [5.41, 5.74) is 5.53. The van der Waals surface area contributed by atoms with E-state index in [1.165, 1.54) is 16.2 Å². The quantitative estimate of drug-likeness (QED) is 0.824. The molecule has 0 saturated heterocycles. The molecule has 1 aromatic carbocycles. The van der Waals surface area contributed by atoms with E-state index in [-0.39, 0.29) is 0 Å². The first-order chi connectivity index (χ1) is 6.34. The summed E-state index contributed by atoms with van der Waals surface area (Å²) in [5, 5.41) is 3.56. The van der Waals surface area contributed by atoms with Crippen molar-refractivity contribution in [1.29, 1.82) is 0 Å². The van der Waals surface area contributed by atoms with Crippen LogP contribution in [0.5, 0.6) is 0 Å². The third-order valence-corrected chi connectivity index (χ3v) is 3.22. The number of hydrogen-bond donors (Lipinski definition) is 1. The lowest BCUT2D eigenvalue weighted by atomic mass is 10.4. The Morgan fingerprint density at radius 3 is 2.62 bits per heavy atom. The summed E-state index contributed by atoms with van der Waals surface area (Å²) in [4.78, 5) is 5.35. The lowest BCUT2D eigenvalue weighted by molar-refractivity contribution is 1.21. The minimum Gasteiger partial charge on any atom is -0.375 e.